The van der Waals surface area contributed by atoms with E-state index in [1.165, 1.54) is 11.9 Å². The Hall–Kier alpha value is -4.48. The molecule has 0 aliphatic carbocycles. The maximum Gasteiger partial charge on any atom is 0.411 e. The van der Waals surface area contributed by atoms with Crippen LogP contribution in [0.4, 0.5) is 22.0 Å². The molecule has 0 atom stereocenters. The van der Waals surface area contributed by atoms with Crippen LogP contribution in [-0.2, 0) is 17.7 Å². The van der Waals surface area contributed by atoms with Crippen LogP contribution in [0.1, 0.15) is 18.1 Å². The Morgan fingerprint density at radius 1 is 1.05 bits per heavy atom. The molecule has 1 aliphatic heterocycles. The molecule has 11 heteroatoms. The van der Waals surface area contributed by atoms with Crippen LogP contribution in [0.5, 0.6) is 0 Å². The van der Waals surface area contributed by atoms with Gasteiger partial charge in [0, 0.05) is 49.4 Å². The fourth-order valence-corrected chi connectivity index (χ4v) is 5.30. The van der Waals surface area contributed by atoms with E-state index in [0.29, 0.717) is 31.1 Å². The summed E-state index contributed by atoms with van der Waals surface area (Å²) in [6.07, 6.45) is 5.40. The molecule has 1 aliphatic rings. The number of nitrogens with zero attached hydrogens (tertiary/aromatic N) is 7. The van der Waals surface area contributed by atoms with E-state index in [1.54, 1.807) is 10.7 Å². The standard InChI is InChI=1S/C30H35N9O2/c1-3-25-26(35-30(40)41-16-15-37-13-11-36(2)12-14-37)20-39-28(25)29(31-21-33-39)34-24-9-10-27-23(17-24)18-32-38(27)19-22-7-5-4-6-8-22/h4-10,17-18,20-21H,3,11-16,19H2,1-2H3,(H,35,40)(H,31,33,34). The fourth-order valence-electron chi connectivity index (χ4n) is 5.30. The number of carbonyl (C=O) groups is 1. The van der Waals surface area contributed by atoms with Crippen LogP contribution >= 0.6 is 0 Å². The van der Waals surface area contributed by atoms with E-state index in [4.69, 9.17) is 4.74 Å². The summed E-state index contributed by atoms with van der Waals surface area (Å²) in [7, 11) is 2.13. The summed E-state index contributed by atoms with van der Waals surface area (Å²) in [6, 6.07) is 16.4. The molecule has 6 rings (SSSR count). The largest absolute Gasteiger partial charge is 0.448 e. The fraction of sp³-hybridized carbons (Fsp3) is 0.333. The van der Waals surface area contributed by atoms with Crippen LogP contribution in [0.3, 0.4) is 0 Å². The average molecular weight is 554 g/mol. The van der Waals surface area contributed by atoms with Gasteiger partial charge in [-0.2, -0.15) is 10.2 Å². The second kappa shape index (κ2) is 11.9. The number of piperazine rings is 1. The molecule has 212 valence electrons. The summed E-state index contributed by atoms with van der Waals surface area (Å²) in [6.45, 7) is 7.88. The number of nitrogens with one attached hydrogen (secondary N) is 2. The van der Waals surface area contributed by atoms with Crippen molar-refractivity contribution in [2.24, 2.45) is 0 Å². The van der Waals surface area contributed by atoms with E-state index in [0.717, 1.165) is 60.4 Å². The van der Waals surface area contributed by atoms with Crippen molar-refractivity contribution in [1.29, 1.82) is 0 Å². The van der Waals surface area contributed by atoms with Crippen LogP contribution in [0.2, 0.25) is 0 Å². The molecule has 5 aromatic rings. The molecule has 4 heterocycles. The quantitative estimate of drug-likeness (QED) is 0.280. The SMILES string of the molecule is CCc1c(NC(=O)OCCN2CCN(C)CC2)cn2ncnc(Nc3ccc4c(cnn4Cc4ccccc4)c3)c12. The van der Waals surface area contributed by atoms with Gasteiger partial charge in [-0.1, -0.05) is 37.3 Å². The average Bonchev–Trinajstić information content (AvgIpc) is 3.55. The lowest BCUT2D eigenvalue weighted by molar-refractivity contribution is 0.111. The van der Waals surface area contributed by atoms with Crippen molar-refractivity contribution in [3.8, 4) is 0 Å². The van der Waals surface area contributed by atoms with Crippen LogP contribution in [0, 0.1) is 0 Å². The van der Waals surface area contributed by atoms with Gasteiger partial charge in [0.25, 0.3) is 0 Å². The number of likely N-dealkylation sites (N-methyl/N-ethyl adjacent to an activating group) is 1. The lowest BCUT2D eigenvalue weighted by Crippen LogP contribution is -2.45. The number of aryl methyl sites for hydroxylation is 1. The molecule has 0 bridgehead atoms. The Kier molecular flexibility index (Phi) is 7.79. The zero-order valence-corrected chi connectivity index (χ0v) is 23.5. The minimum atomic E-state index is -0.467. The highest BCUT2D eigenvalue weighted by Crippen LogP contribution is 2.30. The highest BCUT2D eigenvalue weighted by atomic mass is 16.5. The third-order valence-corrected chi connectivity index (χ3v) is 7.59. The van der Waals surface area contributed by atoms with E-state index in [9.17, 15) is 4.79 Å². The molecule has 0 spiro atoms. The highest BCUT2D eigenvalue weighted by molar-refractivity contribution is 5.91. The van der Waals surface area contributed by atoms with Gasteiger partial charge in [-0.3, -0.25) is 14.9 Å². The summed E-state index contributed by atoms with van der Waals surface area (Å²) in [4.78, 5) is 21.8. The van der Waals surface area contributed by atoms with Gasteiger partial charge in [-0.25, -0.2) is 14.3 Å². The Labute approximate surface area is 238 Å². The van der Waals surface area contributed by atoms with Crippen LogP contribution < -0.4 is 10.6 Å². The summed E-state index contributed by atoms with van der Waals surface area (Å²) in [5.41, 5.74) is 5.55. The van der Waals surface area contributed by atoms with Gasteiger partial charge in [-0.05, 0) is 37.2 Å². The molecule has 2 N–H and O–H groups in total. The van der Waals surface area contributed by atoms with E-state index in [-0.39, 0.29) is 0 Å². The highest BCUT2D eigenvalue weighted by Gasteiger charge is 2.18. The minimum Gasteiger partial charge on any atom is -0.448 e. The Balaban J connectivity index is 1.15. The molecule has 2 aromatic carbocycles. The molecular weight excluding hydrogens is 518 g/mol. The van der Waals surface area contributed by atoms with Crippen molar-refractivity contribution in [2.45, 2.75) is 19.9 Å². The number of fused-ring (bicyclic) bond motifs is 2. The molecular formula is C30H35N9O2. The normalized spacial score (nSPS) is 14.5. The number of aromatic nitrogens is 5. The number of rotatable bonds is 9. The van der Waals surface area contributed by atoms with E-state index >= 15 is 0 Å². The lowest BCUT2D eigenvalue weighted by Gasteiger charge is -2.31. The molecule has 3 aromatic heterocycles. The number of anilines is 3. The molecule has 41 heavy (non-hydrogen) atoms. The maximum atomic E-state index is 12.6. The molecule has 1 fully saturated rings. The predicted octanol–water partition coefficient (Wildman–Crippen LogP) is 4.23. The van der Waals surface area contributed by atoms with Gasteiger partial charge in [-0.15, -0.1) is 0 Å². The third kappa shape index (κ3) is 6.01. The Bertz CT molecular complexity index is 1640. The van der Waals surface area contributed by atoms with Crippen LogP contribution in [-0.4, -0.2) is 86.6 Å². The molecule has 11 nitrogen and oxygen atoms in total. The second-order valence-corrected chi connectivity index (χ2v) is 10.4. The minimum absolute atomic E-state index is 0.349. The first kappa shape index (κ1) is 26.7. The number of amides is 1. The van der Waals surface area contributed by atoms with Gasteiger partial charge in [0.1, 0.15) is 18.5 Å². The predicted molar refractivity (Wildman–Crippen MR) is 160 cm³/mol. The van der Waals surface area contributed by atoms with Crippen molar-refractivity contribution in [3.05, 3.63) is 78.4 Å². The van der Waals surface area contributed by atoms with Crippen LogP contribution in [0.15, 0.2) is 67.3 Å². The van der Waals surface area contributed by atoms with Crippen LogP contribution in [0.25, 0.3) is 16.4 Å². The van der Waals surface area contributed by atoms with Crippen molar-refractivity contribution in [2.75, 3.05) is 57.0 Å². The smallest absolute Gasteiger partial charge is 0.411 e. The number of hydrogen-bond donors (Lipinski definition) is 2. The number of benzene rings is 2. The van der Waals surface area contributed by atoms with E-state index in [1.807, 2.05) is 42.1 Å². The molecule has 1 amide bonds. The lowest BCUT2D eigenvalue weighted by atomic mass is 10.2. The molecule has 0 saturated carbocycles. The first-order valence-electron chi connectivity index (χ1n) is 14.0. The van der Waals surface area contributed by atoms with Crippen molar-refractivity contribution < 1.29 is 9.53 Å². The summed E-state index contributed by atoms with van der Waals surface area (Å²) < 4.78 is 9.25. The van der Waals surface area contributed by atoms with Crippen molar-refractivity contribution >= 4 is 39.7 Å². The number of ether oxygens (including phenoxy) is 1. The van der Waals surface area contributed by atoms with Crippen molar-refractivity contribution in [1.82, 2.24) is 34.2 Å². The first-order chi connectivity index (χ1) is 20.1. The Morgan fingerprint density at radius 3 is 2.68 bits per heavy atom. The van der Waals surface area contributed by atoms with Gasteiger partial charge in [0.05, 0.1) is 30.1 Å². The number of carbonyl (C=O) groups excluding carboxylic acids is 1. The summed E-state index contributed by atoms with van der Waals surface area (Å²) in [5.74, 6) is 0.657. The Morgan fingerprint density at radius 2 is 1.88 bits per heavy atom. The van der Waals surface area contributed by atoms with Crippen molar-refractivity contribution in [3.63, 3.8) is 0 Å². The first-order valence-corrected chi connectivity index (χ1v) is 14.0. The second-order valence-electron chi connectivity index (χ2n) is 10.4. The topological polar surface area (TPSA) is 105 Å². The van der Waals surface area contributed by atoms with Gasteiger partial charge in [0.15, 0.2) is 5.82 Å². The molecule has 0 radical (unpaired) electrons. The molecule has 0 unspecified atom stereocenters. The molecule has 1 saturated heterocycles. The monoisotopic (exact) mass is 553 g/mol. The van der Waals surface area contributed by atoms with E-state index in [2.05, 4.69) is 66.9 Å². The summed E-state index contributed by atoms with van der Waals surface area (Å²) >= 11 is 0. The zero-order chi connectivity index (χ0) is 28.2. The van der Waals surface area contributed by atoms with E-state index < -0.39 is 6.09 Å². The maximum absolute atomic E-state index is 12.6. The van der Waals surface area contributed by atoms with Gasteiger partial charge >= 0.3 is 6.09 Å². The zero-order valence-electron chi connectivity index (χ0n) is 23.5. The van der Waals surface area contributed by atoms with Gasteiger partial charge < -0.3 is 15.0 Å². The summed E-state index contributed by atoms with van der Waals surface area (Å²) in [5, 5.41) is 16.4. The number of hydrogen-bond acceptors (Lipinski definition) is 8. The van der Waals surface area contributed by atoms with Gasteiger partial charge in [0.2, 0.25) is 0 Å². The third-order valence-electron chi connectivity index (χ3n) is 7.59.